The average molecular weight is 635 g/mol. The van der Waals surface area contributed by atoms with Crippen LogP contribution in [0.15, 0.2) is 79.1 Å². The standard InChI is InChI=1S/C32H33F3N8O3/c1-19-11-12-24(40-28(44)20-6-4-7-21(14-20)32(33,34)35)16-26(19)29(45)42-25-17-38-31(39-18-25)43-23-9-5-8-22(15-23)41-30(46)27(37)10-2-3-13-36/h4-9,11-12,14-18,27H,2-3,10,13,36-37H2,1H3,(H,40,44)(H,41,46)(H,42,45)(H,38,39,43)/t27-/m0/s1. The lowest BCUT2D eigenvalue weighted by atomic mass is 10.1. The van der Waals surface area contributed by atoms with Crippen molar-refractivity contribution in [2.75, 3.05) is 27.8 Å². The van der Waals surface area contributed by atoms with Gasteiger partial charge in [0.25, 0.3) is 11.8 Å². The molecule has 0 fully saturated rings. The molecule has 0 saturated carbocycles. The van der Waals surface area contributed by atoms with E-state index in [0.29, 0.717) is 29.9 Å². The third kappa shape index (κ3) is 9.33. The number of anilines is 5. The van der Waals surface area contributed by atoms with Crippen LogP contribution in [0.25, 0.3) is 0 Å². The summed E-state index contributed by atoms with van der Waals surface area (Å²) >= 11 is 0. The second-order valence-electron chi connectivity index (χ2n) is 10.4. The van der Waals surface area contributed by atoms with Crippen molar-refractivity contribution in [1.82, 2.24) is 9.97 Å². The molecule has 11 nitrogen and oxygen atoms in total. The number of amides is 3. The Kier molecular flexibility index (Phi) is 11.0. The minimum absolute atomic E-state index is 0.179. The number of halogens is 3. The van der Waals surface area contributed by atoms with E-state index in [2.05, 4.69) is 31.2 Å². The molecule has 0 saturated heterocycles. The molecule has 3 amide bonds. The molecule has 0 bridgehead atoms. The number of carbonyl (C=O) groups excluding carboxylic acids is 3. The fraction of sp³-hybridized carbons (Fsp3) is 0.219. The number of benzene rings is 3. The zero-order valence-corrected chi connectivity index (χ0v) is 24.8. The summed E-state index contributed by atoms with van der Waals surface area (Å²) in [5.74, 6) is -1.34. The summed E-state index contributed by atoms with van der Waals surface area (Å²) < 4.78 is 39.1. The Morgan fingerprint density at radius 3 is 2.20 bits per heavy atom. The monoisotopic (exact) mass is 634 g/mol. The molecule has 8 N–H and O–H groups in total. The lowest BCUT2D eigenvalue weighted by molar-refractivity contribution is -0.137. The highest BCUT2D eigenvalue weighted by atomic mass is 19.4. The van der Waals surface area contributed by atoms with Crippen molar-refractivity contribution in [2.24, 2.45) is 11.5 Å². The van der Waals surface area contributed by atoms with Crippen LogP contribution in [0.2, 0.25) is 0 Å². The van der Waals surface area contributed by atoms with Gasteiger partial charge in [0.15, 0.2) is 0 Å². The molecular weight excluding hydrogens is 601 g/mol. The number of hydrogen-bond donors (Lipinski definition) is 6. The summed E-state index contributed by atoms with van der Waals surface area (Å²) in [4.78, 5) is 46.5. The van der Waals surface area contributed by atoms with Gasteiger partial charge in [-0.3, -0.25) is 14.4 Å². The summed E-state index contributed by atoms with van der Waals surface area (Å²) in [7, 11) is 0. The van der Waals surface area contributed by atoms with Crippen LogP contribution in [0, 0.1) is 6.92 Å². The molecule has 240 valence electrons. The molecule has 0 aliphatic heterocycles. The van der Waals surface area contributed by atoms with Crippen molar-refractivity contribution in [1.29, 1.82) is 0 Å². The number of rotatable bonds is 12. The van der Waals surface area contributed by atoms with E-state index in [1.807, 2.05) is 0 Å². The minimum atomic E-state index is -4.59. The molecular formula is C32H33F3N8O3. The lowest BCUT2D eigenvalue weighted by Gasteiger charge is -2.13. The maximum Gasteiger partial charge on any atom is 0.416 e. The number of aromatic nitrogens is 2. The Morgan fingerprint density at radius 1 is 0.804 bits per heavy atom. The van der Waals surface area contributed by atoms with Crippen LogP contribution in [0.5, 0.6) is 0 Å². The van der Waals surface area contributed by atoms with Gasteiger partial charge in [-0.15, -0.1) is 0 Å². The number of hydrogen-bond acceptors (Lipinski definition) is 8. The van der Waals surface area contributed by atoms with Crippen LogP contribution in [0.1, 0.15) is 51.1 Å². The molecule has 14 heteroatoms. The highest BCUT2D eigenvalue weighted by Crippen LogP contribution is 2.30. The topological polar surface area (TPSA) is 177 Å². The van der Waals surface area contributed by atoms with E-state index >= 15 is 0 Å². The summed E-state index contributed by atoms with van der Waals surface area (Å²) in [6.45, 7) is 2.24. The summed E-state index contributed by atoms with van der Waals surface area (Å²) in [5, 5.41) is 11.0. The van der Waals surface area contributed by atoms with Crippen molar-refractivity contribution >= 4 is 46.4 Å². The normalized spacial score (nSPS) is 11.8. The van der Waals surface area contributed by atoms with Crippen LogP contribution in [0.3, 0.4) is 0 Å². The van der Waals surface area contributed by atoms with Gasteiger partial charge in [0.05, 0.1) is 29.7 Å². The van der Waals surface area contributed by atoms with Crippen LogP contribution in [-0.2, 0) is 11.0 Å². The molecule has 1 atom stereocenters. The maximum atomic E-state index is 13.1. The first kappa shape index (κ1) is 33.6. The van der Waals surface area contributed by atoms with Crippen molar-refractivity contribution in [3.05, 3.63) is 101 Å². The first-order valence-corrected chi connectivity index (χ1v) is 14.3. The van der Waals surface area contributed by atoms with Crippen molar-refractivity contribution < 1.29 is 27.6 Å². The van der Waals surface area contributed by atoms with E-state index < -0.39 is 29.6 Å². The molecule has 1 aromatic heterocycles. The first-order chi connectivity index (χ1) is 21.9. The van der Waals surface area contributed by atoms with E-state index in [-0.39, 0.29) is 34.4 Å². The highest BCUT2D eigenvalue weighted by Gasteiger charge is 2.31. The summed E-state index contributed by atoms with van der Waals surface area (Å²) in [6.07, 6.45) is 0.290. The predicted molar refractivity (Wildman–Crippen MR) is 170 cm³/mol. The third-order valence-electron chi connectivity index (χ3n) is 6.79. The highest BCUT2D eigenvalue weighted by molar-refractivity contribution is 6.08. The van der Waals surface area contributed by atoms with Gasteiger partial charge in [0.2, 0.25) is 11.9 Å². The minimum Gasteiger partial charge on any atom is -0.330 e. The zero-order valence-electron chi connectivity index (χ0n) is 24.8. The van der Waals surface area contributed by atoms with Gasteiger partial charge in [-0.2, -0.15) is 13.2 Å². The molecule has 0 radical (unpaired) electrons. The zero-order chi connectivity index (χ0) is 33.3. The fourth-order valence-corrected chi connectivity index (χ4v) is 4.32. The molecule has 0 aliphatic rings. The van der Waals surface area contributed by atoms with Crippen LogP contribution >= 0.6 is 0 Å². The van der Waals surface area contributed by atoms with Gasteiger partial charge in [-0.25, -0.2) is 9.97 Å². The summed E-state index contributed by atoms with van der Waals surface area (Å²) in [5.41, 5.74) is 12.8. The van der Waals surface area contributed by atoms with Crippen molar-refractivity contribution in [3.63, 3.8) is 0 Å². The predicted octanol–water partition coefficient (Wildman–Crippen LogP) is 5.45. The number of aryl methyl sites for hydroxylation is 1. The second kappa shape index (κ2) is 15.1. The Hall–Kier alpha value is -5.34. The smallest absolute Gasteiger partial charge is 0.330 e. The molecule has 46 heavy (non-hydrogen) atoms. The molecule has 1 heterocycles. The fourth-order valence-electron chi connectivity index (χ4n) is 4.32. The number of nitrogens with one attached hydrogen (secondary N) is 4. The van der Waals surface area contributed by atoms with Crippen LogP contribution < -0.4 is 32.7 Å². The number of unbranched alkanes of at least 4 members (excludes halogenated alkanes) is 1. The van der Waals surface area contributed by atoms with E-state index in [9.17, 15) is 27.6 Å². The molecule has 0 aliphatic carbocycles. The van der Waals surface area contributed by atoms with Gasteiger partial charge in [0.1, 0.15) is 0 Å². The van der Waals surface area contributed by atoms with Crippen molar-refractivity contribution in [3.8, 4) is 0 Å². The lowest BCUT2D eigenvalue weighted by Crippen LogP contribution is -2.35. The summed E-state index contributed by atoms with van der Waals surface area (Å²) in [6, 6.07) is 14.9. The van der Waals surface area contributed by atoms with E-state index in [0.717, 1.165) is 31.0 Å². The molecule has 4 rings (SSSR count). The average Bonchev–Trinajstić information content (AvgIpc) is 3.02. The quantitative estimate of drug-likeness (QED) is 0.112. The SMILES string of the molecule is Cc1ccc(NC(=O)c2cccc(C(F)(F)F)c2)cc1C(=O)Nc1cnc(Nc2cccc(NC(=O)[C@@H](N)CCCCN)c2)nc1. The largest absolute Gasteiger partial charge is 0.416 e. The van der Waals surface area contributed by atoms with Gasteiger partial charge in [0, 0.05) is 28.2 Å². The molecule has 3 aromatic carbocycles. The first-order valence-electron chi connectivity index (χ1n) is 14.3. The van der Waals surface area contributed by atoms with Gasteiger partial charge in [-0.05, 0) is 80.4 Å². The third-order valence-corrected chi connectivity index (χ3v) is 6.79. The van der Waals surface area contributed by atoms with Crippen LogP contribution in [-0.4, -0.2) is 40.3 Å². The molecule has 4 aromatic rings. The number of carbonyl (C=O) groups is 3. The molecule has 0 spiro atoms. The Morgan fingerprint density at radius 2 is 1.48 bits per heavy atom. The Labute approximate surface area is 263 Å². The number of alkyl halides is 3. The molecule has 0 unspecified atom stereocenters. The van der Waals surface area contributed by atoms with Gasteiger partial charge >= 0.3 is 6.18 Å². The van der Waals surface area contributed by atoms with Gasteiger partial charge < -0.3 is 32.7 Å². The number of nitrogens with two attached hydrogens (primary N) is 2. The Bertz CT molecular complexity index is 1700. The number of nitrogens with zero attached hydrogens (tertiary/aromatic N) is 2. The van der Waals surface area contributed by atoms with E-state index in [1.165, 1.54) is 24.5 Å². The van der Waals surface area contributed by atoms with E-state index in [4.69, 9.17) is 11.5 Å². The van der Waals surface area contributed by atoms with E-state index in [1.54, 1.807) is 43.3 Å². The Balaban J connectivity index is 1.36. The van der Waals surface area contributed by atoms with Gasteiger partial charge in [-0.1, -0.05) is 24.6 Å². The maximum absolute atomic E-state index is 13.1. The second-order valence-corrected chi connectivity index (χ2v) is 10.4. The van der Waals surface area contributed by atoms with Crippen molar-refractivity contribution in [2.45, 2.75) is 38.4 Å². The van der Waals surface area contributed by atoms with Crippen LogP contribution in [0.4, 0.5) is 41.9 Å².